The molecule has 0 radical (unpaired) electrons. The van der Waals surface area contributed by atoms with E-state index in [1.165, 1.54) is 6.07 Å². The second-order valence-electron chi connectivity index (χ2n) is 3.80. The Balaban J connectivity index is 2.58. The Morgan fingerprint density at radius 1 is 1.50 bits per heavy atom. The molecule has 0 aliphatic heterocycles. The fourth-order valence-electron chi connectivity index (χ4n) is 1.70. The van der Waals surface area contributed by atoms with Crippen LogP contribution in [0.25, 0.3) is 5.82 Å². The Bertz CT molecular complexity index is 579. The molecule has 0 spiro atoms. The van der Waals surface area contributed by atoms with Crippen LogP contribution < -0.4 is 5.73 Å². The van der Waals surface area contributed by atoms with E-state index in [4.69, 9.17) is 5.73 Å². The predicted octanol–water partition coefficient (Wildman–Crippen LogP) is 0.985. The van der Waals surface area contributed by atoms with E-state index in [9.17, 15) is 10.1 Å². The Morgan fingerprint density at radius 2 is 2.28 bits per heavy atom. The predicted molar refractivity (Wildman–Crippen MR) is 65.5 cm³/mol. The summed E-state index contributed by atoms with van der Waals surface area (Å²) in [4.78, 5) is 18.9. The summed E-state index contributed by atoms with van der Waals surface area (Å²) in [5, 5.41) is 11.0. The minimum atomic E-state index is -0.450. The molecule has 18 heavy (non-hydrogen) atoms. The van der Waals surface area contributed by atoms with Gasteiger partial charge in [-0.05, 0) is 19.5 Å². The molecule has 0 aliphatic rings. The number of hydrogen-bond donors (Lipinski definition) is 1. The largest absolute Gasteiger partial charge is 0.330 e. The van der Waals surface area contributed by atoms with Crippen LogP contribution >= 0.6 is 0 Å². The number of nitrogens with two attached hydrogens (primary N) is 1. The maximum atomic E-state index is 11.0. The SMILES string of the molecule is Cc1ccc([N+](=O)[O-])c(-n2ccnc2CCN)n1. The zero-order valence-electron chi connectivity index (χ0n) is 9.91. The standard InChI is InChI=1S/C11H13N5O2/c1-8-2-3-9(16(17)18)11(14-8)15-7-6-13-10(15)4-5-12/h2-3,6-7H,4-5,12H2,1H3. The lowest BCUT2D eigenvalue weighted by Gasteiger charge is -2.07. The number of hydrogen-bond acceptors (Lipinski definition) is 5. The van der Waals surface area contributed by atoms with Gasteiger partial charge in [0.1, 0.15) is 5.82 Å². The quantitative estimate of drug-likeness (QED) is 0.641. The van der Waals surface area contributed by atoms with Crippen molar-refractivity contribution in [2.45, 2.75) is 13.3 Å². The van der Waals surface area contributed by atoms with E-state index in [2.05, 4.69) is 9.97 Å². The molecule has 7 nitrogen and oxygen atoms in total. The number of nitro groups is 1. The minimum absolute atomic E-state index is 0.0446. The highest BCUT2D eigenvalue weighted by Gasteiger charge is 2.18. The number of aromatic nitrogens is 3. The Kier molecular flexibility index (Phi) is 3.33. The zero-order chi connectivity index (χ0) is 13.1. The molecule has 0 saturated heterocycles. The molecule has 0 fully saturated rings. The number of imidazole rings is 1. The molecule has 7 heteroatoms. The van der Waals surface area contributed by atoms with Crippen molar-refractivity contribution in [2.75, 3.05) is 6.54 Å². The summed E-state index contributed by atoms with van der Waals surface area (Å²) in [6.45, 7) is 2.21. The lowest BCUT2D eigenvalue weighted by atomic mass is 10.3. The smallest absolute Gasteiger partial charge is 0.312 e. The van der Waals surface area contributed by atoms with Crippen LogP contribution in [-0.4, -0.2) is 26.0 Å². The molecular formula is C11H13N5O2. The van der Waals surface area contributed by atoms with Crippen molar-refractivity contribution in [2.24, 2.45) is 5.73 Å². The summed E-state index contributed by atoms with van der Waals surface area (Å²) in [6, 6.07) is 3.06. The van der Waals surface area contributed by atoms with Gasteiger partial charge in [-0.1, -0.05) is 0 Å². The molecule has 0 unspecified atom stereocenters. The molecular weight excluding hydrogens is 234 g/mol. The van der Waals surface area contributed by atoms with Gasteiger partial charge >= 0.3 is 5.69 Å². The number of pyridine rings is 1. The summed E-state index contributed by atoms with van der Waals surface area (Å²) in [5.41, 5.74) is 6.15. The van der Waals surface area contributed by atoms with Gasteiger partial charge in [-0.25, -0.2) is 9.97 Å². The number of rotatable bonds is 4. The van der Waals surface area contributed by atoms with Gasteiger partial charge < -0.3 is 5.73 Å². The van der Waals surface area contributed by atoms with Gasteiger partial charge in [0.2, 0.25) is 5.82 Å². The highest BCUT2D eigenvalue weighted by molar-refractivity contribution is 5.48. The van der Waals surface area contributed by atoms with E-state index < -0.39 is 4.92 Å². The van der Waals surface area contributed by atoms with Crippen LogP contribution in [0.2, 0.25) is 0 Å². The maximum Gasteiger partial charge on any atom is 0.312 e. The first-order chi connectivity index (χ1) is 8.63. The van der Waals surface area contributed by atoms with Crippen molar-refractivity contribution in [3.05, 3.63) is 46.2 Å². The molecule has 0 saturated carbocycles. The van der Waals surface area contributed by atoms with Gasteiger partial charge in [0.15, 0.2) is 0 Å². The first-order valence-electron chi connectivity index (χ1n) is 5.48. The minimum Gasteiger partial charge on any atom is -0.330 e. The topological polar surface area (TPSA) is 99.9 Å². The molecule has 2 rings (SSSR count). The highest BCUT2D eigenvalue weighted by Crippen LogP contribution is 2.22. The molecule has 0 aliphatic carbocycles. The molecule has 0 aromatic carbocycles. The third kappa shape index (κ3) is 2.21. The average molecular weight is 247 g/mol. The summed E-state index contributed by atoms with van der Waals surface area (Å²) in [6.07, 6.45) is 3.78. The van der Waals surface area contributed by atoms with Gasteiger partial charge in [0.05, 0.1) is 4.92 Å². The van der Waals surface area contributed by atoms with Crippen LogP contribution in [0.5, 0.6) is 0 Å². The van der Waals surface area contributed by atoms with Crippen molar-refractivity contribution in [3.8, 4) is 5.82 Å². The normalized spacial score (nSPS) is 10.6. The summed E-state index contributed by atoms with van der Waals surface area (Å²) < 4.78 is 1.61. The van der Waals surface area contributed by atoms with Gasteiger partial charge in [-0.15, -0.1) is 0 Å². The first-order valence-corrected chi connectivity index (χ1v) is 5.48. The Morgan fingerprint density at radius 3 is 2.94 bits per heavy atom. The van der Waals surface area contributed by atoms with Crippen molar-refractivity contribution in [3.63, 3.8) is 0 Å². The third-order valence-corrected chi connectivity index (χ3v) is 2.50. The van der Waals surface area contributed by atoms with E-state index in [1.807, 2.05) is 0 Å². The monoisotopic (exact) mass is 247 g/mol. The zero-order valence-corrected chi connectivity index (χ0v) is 9.91. The van der Waals surface area contributed by atoms with Crippen LogP contribution in [-0.2, 0) is 6.42 Å². The number of aryl methyl sites for hydroxylation is 1. The van der Waals surface area contributed by atoms with E-state index in [0.29, 0.717) is 24.5 Å². The van der Waals surface area contributed by atoms with Gasteiger partial charge in [-0.3, -0.25) is 14.7 Å². The molecule has 2 N–H and O–H groups in total. The highest BCUT2D eigenvalue weighted by atomic mass is 16.6. The van der Waals surface area contributed by atoms with Gasteiger partial charge in [-0.2, -0.15) is 0 Å². The van der Waals surface area contributed by atoms with Crippen LogP contribution in [0.15, 0.2) is 24.5 Å². The van der Waals surface area contributed by atoms with Crippen molar-refractivity contribution in [1.29, 1.82) is 0 Å². The Hall–Kier alpha value is -2.28. The molecule has 0 bridgehead atoms. The van der Waals surface area contributed by atoms with Gasteiger partial charge in [0.25, 0.3) is 0 Å². The summed E-state index contributed by atoms with van der Waals surface area (Å²) >= 11 is 0. The summed E-state index contributed by atoms with van der Waals surface area (Å²) in [5.74, 6) is 0.944. The molecule has 94 valence electrons. The van der Waals surface area contributed by atoms with Crippen LogP contribution in [0.3, 0.4) is 0 Å². The first kappa shape index (κ1) is 12.2. The molecule has 2 aromatic heterocycles. The van der Waals surface area contributed by atoms with Crippen molar-refractivity contribution in [1.82, 2.24) is 14.5 Å². The molecule has 2 aromatic rings. The van der Waals surface area contributed by atoms with E-state index in [0.717, 1.165) is 0 Å². The third-order valence-electron chi connectivity index (χ3n) is 2.50. The molecule has 0 atom stereocenters. The van der Waals surface area contributed by atoms with Crippen molar-refractivity contribution >= 4 is 5.69 Å². The van der Waals surface area contributed by atoms with Crippen LogP contribution in [0.4, 0.5) is 5.69 Å². The van der Waals surface area contributed by atoms with Crippen molar-refractivity contribution < 1.29 is 4.92 Å². The van der Waals surface area contributed by atoms with E-state index in [-0.39, 0.29) is 11.5 Å². The maximum absolute atomic E-state index is 11.0. The average Bonchev–Trinajstić information content (AvgIpc) is 2.77. The van der Waals surface area contributed by atoms with E-state index in [1.54, 1.807) is 30.0 Å². The lowest BCUT2D eigenvalue weighted by molar-refractivity contribution is -0.384. The fraction of sp³-hybridized carbons (Fsp3) is 0.273. The van der Waals surface area contributed by atoms with Gasteiger partial charge in [0, 0.05) is 30.6 Å². The van der Waals surface area contributed by atoms with Crippen LogP contribution in [0.1, 0.15) is 11.5 Å². The second kappa shape index (κ2) is 4.92. The lowest BCUT2D eigenvalue weighted by Crippen LogP contribution is -2.11. The fourth-order valence-corrected chi connectivity index (χ4v) is 1.70. The van der Waals surface area contributed by atoms with E-state index >= 15 is 0 Å². The second-order valence-corrected chi connectivity index (χ2v) is 3.80. The molecule has 2 heterocycles. The summed E-state index contributed by atoms with van der Waals surface area (Å²) in [7, 11) is 0. The Labute approximate surface area is 103 Å². The molecule has 0 amide bonds. The van der Waals surface area contributed by atoms with Crippen LogP contribution in [0, 0.1) is 17.0 Å². The number of nitrogens with zero attached hydrogens (tertiary/aromatic N) is 4.